The molecule has 3 aliphatic heterocycles. The van der Waals surface area contributed by atoms with Crippen LogP contribution in [0.2, 0.25) is 0 Å². The van der Waals surface area contributed by atoms with Gasteiger partial charge in [0.2, 0.25) is 5.91 Å². The molecule has 1 amide bonds. The first-order valence-electron chi connectivity index (χ1n) is 37.5. The van der Waals surface area contributed by atoms with E-state index in [1.54, 1.807) is 6.08 Å². The maximum Gasteiger partial charge on any atom is 0.220 e. The van der Waals surface area contributed by atoms with E-state index in [0.29, 0.717) is 12.8 Å². The Kier molecular flexibility index (Phi) is 51.3. The van der Waals surface area contributed by atoms with E-state index in [2.05, 4.69) is 67.8 Å². The first-order chi connectivity index (χ1) is 45.8. The van der Waals surface area contributed by atoms with E-state index >= 15 is 0 Å². The minimum Gasteiger partial charge on any atom is -0.394 e. The van der Waals surface area contributed by atoms with Crippen LogP contribution in [0.15, 0.2) is 60.8 Å². The lowest BCUT2D eigenvalue weighted by molar-refractivity contribution is -0.379. The highest BCUT2D eigenvalue weighted by molar-refractivity contribution is 5.76. The molecule has 0 spiro atoms. The summed E-state index contributed by atoms with van der Waals surface area (Å²) < 4.78 is 34.4. The molecule has 548 valence electrons. The molecule has 0 aromatic heterocycles. The largest absolute Gasteiger partial charge is 0.394 e. The summed E-state index contributed by atoms with van der Waals surface area (Å²) in [5.41, 5.74) is 0. The average Bonchev–Trinajstić information content (AvgIpc) is 0.787. The summed E-state index contributed by atoms with van der Waals surface area (Å²) in [5.74, 6) is -0.284. The molecule has 19 nitrogen and oxygen atoms in total. The second kappa shape index (κ2) is 56.3. The summed E-state index contributed by atoms with van der Waals surface area (Å²) in [6.07, 6.45) is 43.6. The van der Waals surface area contributed by atoms with Gasteiger partial charge in [0.15, 0.2) is 18.9 Å². The van der Waals surface area contributed by atoms with Crippen molar-refractivity contribution < 1.29 is 89.4 Å². The molecule has 3 fully saturated rings. The normalized spacial score (nSPS) is 27.7. The number of carbonyl (C=O) groups is 1. The number of ether oxygens (including phenoxy) is 6. The van der Waals surface area contributed by atoms with Gasteiger partial charge in [0, 0.05) is 6.42 Å². The summed E-state index contributed by atoms with van der Waals surface area (Å²) >= 11 is 0. The van der Waals surface area contributed by atoms with Gasteiger partial charge in [0.25, 0.3) is 0 Å². The quantitative estimate of drug-likeness (QED) is 0.0199. The van der Waals surface area contributed by atoms with Crippen LogP contribution in [0.25, 0.3) is 0 Å². The van der Waals surface area contributed by atoms with Crippen molar-refractivity contribution in [1.82, 2.24) is 5.32 Å². The molecule has 3 saturated heterocycles. The van der Waals surface area contributed by atoms with Crippen molar-refractivity contribution in [3.05, 3.63) is 60.8 Å². The molecule has 3 heterocycles. The van der Waals surface area contributed by atoms with Crippen LogP contribution in [0.5, 0.6) is 0 Å². The van der Waals surface area contributed by atoms with Gasteiger partial charge < -0.3 is 89.9 Å². The maximum atomic E-state index is 13.4. The number of nitrogens with one attached hydrogen (secondary N) is 1. The molecule has 3 aliphatic rings. The van der Waals surface area contributed by atoms with E-state index < -0.39 is 124 Å². The predicted octanol–water partition coefficient (Wildman–Crippen LogP) is 11.1. The van der Waals surface area contributed by atoms with E-state index in [4.69, 9.17) is 28.4 Å². The Hall–Kier alpha value is -2.51. The number of aliphatic hydroxyl groups excluding tert-OH is 11. The molecule has 3 rings (SSSR count). The highest BCUT2D eigenvalue weighted by Gasteiger charge is 2.53. The van der Waals surface area contributed by atoms with Crippen LogP contribution in [0.3, 0.4) is 0 Å². The van der Waals surface area contributed by atoms with Crippen molar-refractivity contribution in [2.75, 3.05) is 26.4 Å². The molecule has 0 saturated carbocycles. The number of aliphatic hydroxyl groups is 11. The molecule has 19 heteroatoms. The van der Waals surface area contributed by atoms with E-state index in [-0.39, 0.29) is 18.9 Å². The number of hydrogen-bond acceptors (Lipinski definition) is 18. The number of amides is 1. The van der Waals surface area contributed by atoms with Crippen LogP contribution in [0, 0.1) is 0 Å². The topological polar surface area (TPSA) is 307 Å². The van der Waals surface area contributed by atoms with Crippen LogP contribution in [-0.4, -0.2) is 193 Å². The molecule has 12 N–H and O–H groups in total. The third kappa shape index (κ3) is 37.1. The van der Waals surface area contributed by atoms with Gasteiger partial charge in [-0.3, -0.25) is 4.79 Å². The Morgan fingerprint density at radius 3 is 1.14 bits per heavy atom. The monoisotopic (exact) mass is 1340 g/mol. The molecule has 0 aromatic rings. The summed E-state index contributed by atoms with van der Waals surface area (Å²) in [6, 6.07) is -0.991. The molecule has 0 aliphatic carbocycles. The smallest absolute Gasteiger partial charge is 0.220 e. The number of allylic oxidation sites excluding steroid dienone is 9. The van der Waals surface area contributed by atoms with E-state index in [1.165, 1.54) is 193 Å². The Morgan fingerprint density at radius 2 is 0.713 bits per heavy atom. The van der Waals surface area contributed by atoms with Crippen molar-refractivity contribution in [3.8, 4) is 0 Å². The first kappa shape index (κ1) is 85.7. The predicted molar refractivity (Wildman–Crippen MR) is 369 cm³/mol. The Balaban J connectivity index is 1.36. The zero-order valence-corrected chi connectivity index (χ0v) is 58.2. The van der Waals surface area contributed by atoms with Crippen LogP contribution >= 0.6 is 0 Å². The van der Waals surface area contributed by atoms with Crippen LogP contribution in [-0.2, 0) is 33.2 Å². The van der Waals surface area contributed by atoms with Gasteiger partial charge in [-0.1, -0.05) is 261 Å². The molecule has 17 atom stereocenters. The highest BCUT2D eigenvalue weighted by atomic mass is 16.8. The van der Waals surface area contributed by atoms with Crippen molar-refractivity contribution in [2.45, 2.75) is 381 Å². The molecule has 17 unspecified atom stereocenters. The van der Waals surface area contributed by atoms with Crippen molar-refractivity contribution >= 4 is 5.91 Å². The van der Waals surface area contributed by atoms with E-state index in [0.717, 1.165) is 51.4 Å². The lowest BCUT2D eigenvalue weighted by atomic mass is 9.96. The molecule has 0 radical (unpaired) electrons. The van der Waals surface area contributed by atoms with Crippen molar-refractivity contribution in [3.63, 3.8) is 0 Å². The van der Waals surface area contributed by atoms with Gasteiger partial charge in [-0.05, 0) is 70.6 Å². The van der Waals surface area contributed by atoms with Crippen LogP contribution in [0.4, 0.5) is 0 Å². The minimum absolute atomic E-state index is 0.236. The molecule has 0 aromatic carbocycles. The van der Waals surface area contributed by atoms with Gasteiger partial charge in [-0.15, -0.1) is 0 Å². The maximum absolute atomic E-state index is 13.4. The second-order valence-electron chi connectivity index (χ2n) is 26.7. The summed E-state index contributed by atoms with van der Waals surface area (Å²) in [4.78, 5) is 13.4. The van der Waals surface area contributed by atoms with E-state index in [9.17, 15) is 61.0 Å². The molecule has 0 bridgehead atoms. The van der Waals surface area contributed by atoms with Crippen molar-refractivity contribution in [1.29, 1.82) is 0 Å². The Labute approximate surface area is 566 Å². The zero-order valence-electron chi connectivity index (χ0n) is 58.2. The average molecular weight is 1340 g/mol. The zero-order chi connectivity index (χ0) is 68.2. The van der Waals surface area contributed by atoms with Crippen LogP contribution < -0.4 is 5.32 Å². The van der Waals surface area contributed by atoms with Gasteiger partial charge in [-0.25, -0.2) is 0 Å². The van der Waals surface area contributed by atoms with Crippen molar-refractivity contribution in [2.24, 2.45) is 0 Å². The third-order valence-electron chi connectivity index (χ3n) is 18.5. The molecular formula is C75H135NO18. The summed E-state index contributed by atoms with van der Waals surface area (Å²) in [7, 11) is 0. The number of rotatable bonds is 58. The van der Waals surface area contributed by atoms with Gasteiger partial charge in [0.05, 0.1) is 38.6 Å². The fraction of sp³-hybridized carbons (Fsp3) is 0.853. The fourth-order valence-electron chi connectivity index (χ4n) is 12.5. The number of carbonyl (C=O) groups excluding carboxylic acids is 1. The van der Waals surface area contributed by atoms with E-state index in [1.807, 2.05) is 6.08 Å². The first-order valence-corrected chi connectivity index (χ1v) is 37.5. The molecular weight excluding hydrogens is 1200 g/mol. The van der Waals surface area contributed by atoms with Gasteiger partial charge in [-0.2, -0.15) is 0 Å². The van der Waals surface area contributed by atoms with Gasteiger partial charge in [0.1, 0.15) is 73.2 Å². The Morgan fingerprint density at radius 1 is 0.383 bits per heavy atom. The summed E-state index contributed by atoms with van der Waals surface area (Å²) in [6.45, 7) is 1.71. The van der Waals surface area contributed by atoms with Crippen LogP contribution in [0.1, 0.15) is 277 Å². The fourth-order valence-corrected chi connectivity index (χ4v) is 12.5. The SMILES string of the molecule is CCCCCCC/C=C\C/C=C\C/C=C\CCCCCCCCCCCCCCCCCCCCC(=O)NC(COC1OC(CO)C(OC2OC(CO)C(OC3OC(CO)C(O)C(O)C3O)C(O)C2O)C(O)C1O)C(O)/C=C/CC/C=C/CCCCCCCCCCCC. The standard InChI is InChI=1S/C75H135NO18/c1-3-5-7-9-11-13-15-17-19-21-22-23-24-25-26-27-28-29-30-31-32-33-34-35-36-37-39-41-43-45-47-49-51-53-63(81)76-58(59(80)52-50-48-46-44-42-40-38-20-18-16-14-12-10-8-6-4-2)57-89-73-69(87)66(84)71(61(55-78)91-73)94-75-70(88)67(85)72(62(56-79)92-75)93-74-68(86)65(83)64(82)60(54-77)90-74/h15,17,21-22,24-25,42,44,50,52,58-62,64-75,77-80,82-88H,3-14,16,18-20,23,26-41,43,45-49,51,53-57H2,1-2H3,(H,76,81)/b17-15-,22-21-,25-24-,44-42+,52-50+. The Bertz CT molecular complexity index is 1940. The number of hydrogen-bond donors (Lipinski definition) is 12. The highest BCUT2D eigenvalue weighted by Crippen LogP contribution is 2.33. The number of unbranched alkanes of at least 4 members (excludes halogenated alkanes) is 34. The van der Waals surface area contributed by atoms with Gasteiger partial charge >= 0.3 is 0 Å². The summed E-state index contributed by atoms with van der Waals surface area (Å²) in [5, 5.41) is 121. The molecule has 94 heavy (non-hydrogen) atoms. The third-order valence-corrected chi connectivity index (χ3v) is 18.5. The lowest BCUT2D eigenvalue weighted by Gasteiger charge is -2.48. The second-order valence-corrected chi connectivity index (χ2v) is 26.7. The lowest BCUT2D eigenvalue weighted by Crippen LogP contribution is -2.66. The minimum atomic E-state index is -1.98.